The molecule has 0 radical (unpaired) electrons. The van der Waals surface area contributed by atoms with Gasteiger partial charge in [0.1, 0.15) is 6.33 Å². The molecule has 15 heavy (non-hydrogen) atoms. The minimum Gasteiger partial charge on any atom is -0.350 e. The fourth-order valence-corrected chi connectivity index (χ4v) is 1.27. The standard InChI is InChI=1S/C10H14ClN3O/c11-5-2-1-3-10(15)13-7-9-4-6-12-8-14-9/h4,6,8H,1-3,5,7H2,(H,13,15). The van der Waals surface area contributed by atoms with Crippen LogP contribution in [0, 0.1) is 0 Å². The molecular weight excluding hydrogens is 214 g/mol. The van der Waals surface area contributed by atoms with Crippen LogP contribution in [0.25, 0.3) is 0 Å². The summed E-state index contributed by atoms with van der Waals surface area (Å²) in [7, 11) is 0. The molecule has 0 spiro atoms. The number of hydrogen-bond donors (Lipinski definition) is 1. The quantitative estimate of drug-likeness (QED) is 0.592. The lowest BCUT2D eigenvalue weighted by Crippen LogP contribution is -2.22. The van der Waals surface area contributed by atoms with Crippen molar-refractivity contribution in [1.82, 2.24) is 15.3 Å². The van der Waals surface area contributed by atoms with Crippen molar-refractivity contribution in [3.8, 4) is 0 Å². The molecule has 1 aromatic rings. The second-order valence-corrected chi connectivity index (χ2v) is 3.50. The van der Waals surface area contributed by atoms with E-state index in [1.807, 2.05) is 0 Å². The molecule has 0 saturated carbocycles. The van der Waals surface area contributed by atoms with Crippen LogP contribution >= 0.6 is 11.6 Å². The first kappa shape index (κ1) is 11.9. The van der Waals surface area contributed by atoms with Gasteiger partial charge in [0.2, 0.25) is 5.91 Å². The van der Waals surface area contributed by atoms with E-state index in [-0.39, 0.29) is 5.91 Å². The van der Waals surface area contributed by atoms with Gasteiger partial charge in [0.15, 0.2) is 0 Å². The molecule has 1 aromatic heterocycles. The number of carbonyl (C=O) groups is 1. The molecule has 1 heterocycles. The molecule has 0 aromatic carbocycles. The van der Waals surface area contributed by atoms with Crippen LogP contribution in [0.3, 0.4) is 0 Å². The zero-order valence-corrected chi connectivity index (χ0v) is 9.20. The lowest BCUT2D eigenvalue weighted by atomic mass is 10.2. The van der Waals surface area contributed by atoms with Crippen LogP contribution in [0.2, 0.25) is 0 Å². The molecule has 0 bridgehead atoms. The summed E-state index contributed by atoms with van der Waals surface area (Å²) in [5.74, 6) is 0.651. The summed E-state index contributed by atoms with van der Waals surface area (Å²) in [5, 5.41) is 2.79. The molecule has 4 nitrogen and oxygen atoms in total. The summed E-state index contributed by atoms with van der Waals surface area (Å²) in [6.45, 7) is 0.461. The number of hydrogen-bond acceptors (Lipinski definition) is 3. The van der Waals surface area contributed by atoms with Crippen molar-refractivity contribution in [3.63, 3.8) is 0 Å². The topological polar surface area (TPSA) is 54.9 Å². The molecule has 0 unspecified atom stereocenters. The van der Waals surface area contributed by atoms with Crippen molar-refractivity contribution < 1.29 is 4.79 Å². The average molecular weight is 228 g/mol. The summed E-state index contributed by atoms with van der Waals surface area (Å²) < 4.78 is 0. The predicted octanol–water partition coefficient (Wildman–Crippen LogP) is 1.50. The zero-order valence-electron chi connectivity index (χ0n) is 8.45. The number of amides is 1. The van der Waals surface area contributed by atoms with E-state index in [1.165, 1.54) is 6.33 Å². The third-order valence-corrected chi connectivity index (χ3v) is 2.16. The molecule has 0 fully saturated rings. The lowest BCUT2D eigenvalue weighted by molar-refractivity contribution is -0.121. The first-order chi connectivity index (χ1) is 7.33. The number of carbonyl (C=O) groups excluding carboxylic acids is 1. The van der Waals surface area contributed by atoms with Gasteiger partial charge in [-0.3, -0.25) is 4.79 Å². The predicted molar refractivity (Wildman–Crippen MR) is 58.4 cm³/mol. The minimum absolute atomic E-state index is 0.0405. The Kier molecular flexibility index (Phi) is 5.70. The van der Waals surface area contributed by atoms with Crippen LogP contribution in [-0.2, 0) is 11.3 Å². The second-order valence-electron chi connectivity index (χ2n) is 3.12. The zero-order chi connectivity index (χ0) is 10.9. The highest BCUT2D eigenvalue weighted by molar-refractivity contribution is 6.17. The van der Waals surface area contributed by atoms with E-state index in [9.17, 15) is 4.79 Å². The molecule has 0 atom stereocenters. The number of rotatable bonds is 6. The van der Waals surface area contributed by atoms with E-state index in [0.717, 1.165) is 18.5 Å². The third-order valence-electron chi connectivity index (χ3n) is 1.90. The normalized spacial score (nSPS) is 9.93. The summed E-state index contributed by atoms with van der Waals surface area (Å²) in [4.78, 5) is 19.1. The van der Waals surface area contributed by atoms with E-state index in [4.69, 9.17) is 11.6 Å². The summed E-state index contributed by atoms with van der Waals surface area (Å²) in [6, 6.07) is 1.78. The number of nitrogens with one attached hydrogen (secondary N) is 1. The molecule has 0 aliphatic carbocycles. The Balaban J connectivity index is 2.17. The van der Waals surface area contributed by atoms with Gasteiger partial charge >= 0.3 is 0 Å². The second kappa shape index (κ2) is 7.17. The van der Waals surface area contributed by atoms with E-state index < -0.39 is 0 Å². The smallest absolute Gasteiger partial charge is 0.220 e. The molecule has 82 valence electrons. The van der Waals surface area contributed by atoms with Gasteiger partial charge in [0.05, 0.1) is 12.2 Å². The van der Waals surface area contributed by atoms with Crippen molar-refractivity contribution >= 4 is 17.5 Å². The van der Waals surface area contributed by atoms with Gasteiger partial charge < -0.3 is 5.32 Å². The highest BCUT2D eigenvalue weighted by Gasteiger charge is 2.00. The molecule has 5 heteroatoms. The maximum Gasteiger partial charge on any atom is 0.220 e. The Morgan fingerprint density at radius 3 is 3.00 bits per heavy atom. The summed E-state index contributed by atoms with van der Waals surface area (Å²) in [6.07, 6.45) is 5.36. The van der Waals surface area contributed by atoms with E-state index >= 15 is 0 Å². The number of unbranched alkanes of at least 4 members (excludes halogenated alkanes) is 1. The van der Waals surface area contributed by atoms with E-state index in [0.29, 0.717) is 18.8 Å². The van der Waals surface area contributed by atoms with Crippen molar-refractivity contribution in [2.24, 2.45) is 0 Å². The number of halogens is 1. The van der Waals surface area contributed by atoms with Gasteiger partial charge in [-0.05, 0) is 18.9 Å². The molecule has 1 rings (SSSR count). The third kappa shape index (κ3) is 5.32. The number of nitrogens with zero attached hydrogens (tertiary/aromatic N) is 2. The van der Waals surface area contributed by atoms with Gasteiger partial charge in [-0.2, -0.15) is 0 Å². The molecular formula is C10H14ClN3O. The summed E-state index contributed by atoms with van der Waals surface area (Å²) in [5.41, 5.74) is 0.815. The van der Waals surface area contributed by atoms with Gasteiger partial charge in [0, 0.05) is 18.5 Å². The average Bonchev–Trinajstić information content (AvgIpc) is 2.28. The van der Waals surface area contributed by atoms with Gasteiger partial charge in [0.25, 0.3) is 0 Å². The fourth-order valence-electron chi connectivity index (χ4n) is 1.08. The van der Waals surface area contributed by atoms with Crippen molar-refractivity contribution in [2.75, 3.05) is 5.88 Å². The van der Waals surface area contributed by atoms with Crippen LogP contribution in [0.1, 0.15) is 25.0 Å². The Hall–Kier alpha value is -1.16. The van der Waals surface area contributed by atoms with Crippen molar-refractivity contribution in [1.29, 1.82) is 0 Å². The number of aromatic nitrogens is 2. The highest BCUT2D eigenvalue weighted by atomic mass is 35.5. The van der Waals surface area contributed by atoms with Crippen LogP contribution in [0.5, 0.6) is 0 Å². The van der Waals surface area contributed by atoms with E-state index in [2.05, 4.69) is 15.3 Å². The van der Waals surface area contributed by atoms with Crippen LogP contribution in [0.15, 0.2) is 18.6 Å². The molecule has 0 saturated heterocycles. The fraction of sp³-hybridized carbons (Fsp3) is 0.500. The van der Waals surface area contributed by atoms with Crippen molar-refractivity contribution in [2.45, 2.75) is 25.8 Å². The van der Waals surface area contributed by atoms with E-state index in [1.54, 1.807) is 12.3 Å². The Morgan fingerprint density at radius 1 is 1.47 bits per heavy atom. The maximum absolute atomic E-state index is 11.3. The SMILES string of the molecule is O=C(CCCCCl)NCc1ccncn1. The van der Waals surface area contributed by atoms with Gasteiger partial charge in [-0.25, -0.2) is 9.97 Å². The van der Waals surface area contributed by atoms with Crippen LogP contribution < -0.4 is 5.32 Å². The first-order valence-corrected chi connectivity index (χ1v) is 5.44. The van der Waals surface area contributed by atoms with Gasteiger partial charge in [-0.15, -0.1) is 11.6 Å². The number of alkyl halides is 1. The Labute approximate surface area is 94.1 Å². The lowest BCUT2D eigenvalue weighted by Gasteiger charge is -2.03. The molecule has 0 aliphatic rings. The summed E-state index contributed by atoms with van der Waals surface area (Å²) >= 11 is 5.51. The Morgan fingerprint density at radius 2 is 2.33 bits per heavy atom. The minimum atomic E-state index is 0.0405. The van der Waals surface area contributed by atoms with Gasteiger partial charge in [-0.1, -0.05) is 0 Å². The van der Waals surface area contributed by atoms with Crippen molar-refractivity contribution in [3.05, 3.63) is 24.3 Å². The maximum atomic E-state index is 11.3. The largest absolute Gasteiger partial charge is 0.350 e. The first-order valence-electron chi connectivity index (χ1n) is 4.90. The molecule has 1 amide bonds. The molecule has 1 N–H and O–H groups in total. The molecule has 0 aliphatic heterocycles. The highest BCUT2D eigenvalue weighted by Crippen LogP contribution is 1.97. The van der Waals surface area contributed by atoms with Crippen LogP contribution in [-0.4, -0.2) is 21.8 Å². The monoisotopic (exact) mass is 227 g/mol. The van der Waals surface area contributed by atoms with Crippen LogP contribution in [0.4, 0.5) is 0 Å². The Bertz CT molecular complexity index is 292.